The number of amides is 2. The third kappa shape index (κ3) is 6.10. The van der Waals surface area contributed by atoms with Crippen molar-refractivity contribution < 1.29 is 27.5 Å². The van der Waals surface area contributed by atoms with Gasteiger partial charge in [-0.1, -0.05) is 18.9 Å². The molecule has 7 nitrogen and oxygen atoms in total. The highest BCUT2D eigenvalue weighted by Crippen LogP contribution is 2.29. The fraction of sp³-hybridized carbons (Fsp3) is 0.409. The maximum absolute atomic E-state index is 12.9. The van der Waals surface area contributed by atoms with E-state index in [0.29, 0.717) is 30.6 Å². The second-order valence-electron chi connectivity index (χ2n) is 7.38. The lowest BCUT2D eigenvalue weighted by molar-refractivity contribution is -0.137. The molecule has 2 heterocycles. The summed E-state index contributed by atoms with van der Waals surface area (Å²) in [6.45, 7) is 3.22. The molecule has 1 fully saturated rings. The average molecular weight is 483 g/mol. The van der Waals surface area contributed by atoms with Crippen LogP contribution >= 0.6 is 11.9 Å². The van der Waals surface area contributed by atoms with Crippen molar-refractivity contribution in [3.63, 3.8) is 0 Å². The van der Waals surface area contributed by atoms with Gasteiger partial charge in [0.15, 0.2) is 0 Å². The Bertz CT molecular complexity index is 978. The highest BCUT2D eigenvalue weighted by molar-refractivity contribution is 8.00. The number of carbonyl (C=O) groups is 2. The maximum atomic E-state index is 12.9. The first-order valence-corrected chi connectivity index (χ1v) is 11.4. The van der Waals surface area contributed by atoms with Gasteiger partial charge in [0.05, 0.1) is 18.4 Å². The van der Waals surface area contributed by atoms with Gasteiger partial charge < -0.3 is 19.3 Å². The molecular formula is C22H25F3N4O3S. The van der Waals surface area contributed by atoms with Gasteiger partial charge in [-0.15, -0.1) is 0 Å². The number of hydrogen-bond acceptors (Lipinski definition) is 6. The summed E-state index contributed by atoms with van der Waals surface area (Å²) in [4.78, 5) is 32.3. The van der Waals surface area contributed by atoms with E-state index in [1.807, 2.05) is 0 Å². The van der Waals surface area contributed by atoms with E-state index in [1.165, 1.54) is 4.90 Å². The SMILES string of the molecule is CCCSNc1ccc(C(=O)N2CCN(C(=O)c3ccc(C(F)(F)F)cn3)CC2)cc1OC. The molecule has 1 N–H and O–H groups in total. The standard InChI is InChI=1S/C22H25F3N4O3S/c1-3-12-33-27-17-6-4-15(13-19(17)32-2)20(30)28-8-10-29(11-9-28)21(31)18-7-5-16(14-26-18)22(23,24)25/h4-7,13-14,27H,3,8-12H2,1-2H3. The zero-order valence-corrected chi connectivity index (χ0v) is 19.1. The molecule has 1 saturated heterocycles. The molecule has 0 atom stereocenters. The largest absolute Gasteiger partial charge is 0.495 e. The van der Waals surface area contributed by atoms with Crippen molar-refractivity contribution in [2.24, 2.45) is 0 Å². The maximum Gasteiger partial charge on any atom is 0.417 e. The van der Waals surface area contributed by atoms with Crippen molar-refractivity contribution in [1.82, 2.24) is 14.8 Å². The van der Waals surface area contributed by atoms with E-state index in [2.05, 4.69) is 16.6 Å². The Hall–Kier alpha value is -2.95. The van der Waals surface area contributed by atoms with Crippen LogP contribution in [0.15, 0.2) is 36.5 Å². The molecular weight excluding hydrogens is 457 g/mol. The van der Waals surface area contributed by atoms with Crippen LogP contribution in [0.2, 0.25) is 0 Å². The number of nitrogens with one attached hydrogen (secondary N) is 1. The lowest BCUT2D eigenvalue weighted by atomic mass is 10.1. The number of piperazine rings is 1. The molecule has 11 heteroatoms. The highest BCUT2D eigenvalue weighted by Gasteiger charge is 2.32. The molecule has 0 bridgehead atoms. The number of halogens is 3. The number of carbonyl (C=O) groups excluding carboxylic acids is 2. The van der Waals surface area contributed by atoms with Crippen LogP contribution in [0, 0.1) is 0 Å². The van der Waals surface area contributed by atoms with Gasteiger partial charge in [0.2, 0.25) is 0 Å². The fourth-order valence-electron chi connectivity index (χ4n) is 3.28. The Morgan fingerprint density at radius 1 is 1.09 bits per heavy atom. The summed E-state index contributed by atoms with van der Waals surface area (Å²) < 4.78 is 46.7. The van der Waals surface area contributed by atoms with Crippen molar-refractivity contribution >= 4 is 29.4 Å². The van der Waals surface area contributed by atoms with Crippen LogP contribution in [0.4, 0.5) is 18.9 Å². The summed E-state index contributed by atoms with van der Waals surface area (Å²) >= 11 is 1.56. The molecule has 33 heavy (non-hydrogen) atoms. The molecule has 2 amide bonds. The minimum atomic E-state index is -4.51. The van der Waals surface area contributed by atoms with E-state index < -0.39 is 17.6 Å². The number of nitrogens with zero attached hydrogens (tertiary/aromatic N) is 3. The summed E-state index contributed by atoms with van der Waals surface area (Å²) in [6, 6.07) is 7.12. The third-order valence-corrected chi connectivity index (χ3v) is 6.08. The van der Waals surface area contributed by atoms with E-state index in [-0.39, 0.29) is 24.7 Å². The smallest absolute Gasteiger partial charge is 0.417 e. The number of alkyl halides is 3. The van der Waals surface area contributed by atoms with E-state index in [4.69, 9.17) is 4.74 Å². The molecule has 2 aromatic rings. The van der Waals surface area contributed by atoms with Crippen LogP contribution in [-0.4, -0.2) is 65.6 Å². The molecule has 0 unspecified atom stereocenters. The molecule has 3 rings (SSSR count). The predicted molar refractivity (Wildman–Crippen MR) is 120 cm³/mol. The average Bonchev–Trinajstić information content (AvgIpc) is 2.83. The summed E-state index contributed by atoms with van der Waals surface area (Å²) in [7, 11) is 1.54. The van der Waals surface area contributed by atoms with Crippen molar-refractivity contribution in [2.75, 3.05) is 43.8 Å². The van der Waals surface area contributed by atoms with E-state index in [0.717, 1.165) is 30.0 Å². The summed E-state index contributed by atoms with van der Waals surface area (Å²) in [5, 5.41) is 0. The number of rotatable bonds is 7. The molecule has 0 saturated carbocycles. The van der Waals surface area contributed by atoms with Gasteiger partial charge in [-0.25, -0.2) is 0 Å². The van der Waals surface area contributed by atoms with Gasteiger partial charge in [0.1, 0.15) is 11.4 Å². The molecule has 0 radical (unpaired) electrons. The normalized spacial score (nSPS) is 14.2. The lowest BCUT2D eigenvalue weighted by Gasteiger charge is -2.34. The van der Waals surface area contributed by atoms with Crippen LogP contribution in [0.25, 0.3) is 0 Å². The molecule has 1 aromatic carbocycles. The Morgan fingerprint density at radius 2 is 1.76 bits per heavy atom. The molecule has 1 aliphatic heterocycles. The van der Waals surface area contributed by atoms with Crippen molar-refractivity contribution in [1.29, 1.82) is 0 Å². The van der Waals surface area contributed by atoms with E-state index in [1.54, 1.807) is 42.2 Å². The van der Waals surface area contributed by atoms with Crippen molar-refractivity contribution in [3.05, 3.63) is 53.3 Å². The van der Waals surface area contributed by atoms with Crippen molar-refractivity contribution in [3.8, 4) is 5.75 Å². The summed E-state index contributed by atoms with van der Waals surface area (Å²) in [6.07, 6.45) is -2.83. The molecule has 0 spiro atoms. The number of anilines is 1. The Kier molecular flexibility index (Phi) is 8.06. The lowest BCUT2D eigenvalue weighted by Crippen LogP contribution is -2.50. The number of methoxy groups -OCH3 is 1. The van der Waals surface area contributed by atoms with Gasteiger partial charge in [-0.3, -0.25) is 14.6 Å². The van der Waals surface area contributed by atoms with Gasteiger partial charge in [0.25, 0.3) is 11.8 Å². The predicted octanol–water partition coefficient (Wildman–Crippen LogP) is 4.18. The van der Waals surface area contributed by atoms with Gasteiger partial charge in [-0.2, -0.15) is 13.2 Å². The van der Waals surface area contributed by atoms with Gasteiger partial charge in [0, 0.05) is 43.7 Å². The fourth-order valence-corrected chi connectivity index (χ4v) is 3.91. The topological polar surface area (TPSA) is 74.8 Å². The number of aromatic nitrogens is 1. The van der Waals surface area contributed by atoms with Crippen LogP contribution in [0.5, 0.6) is 5.75 Å². The minimum Gasteiger partial charge on any atom is -0.495 e. The first kappa shape index (κ1) is 24.7. The third-order valence-electron chi connectivity index (χ3n) is 5.10. The molecule has 0 aliphatic carbocycles. The molecule has 1 aliphatic rings. The first-order valence-electron chi connectivity index (χ1n) is 10.4. The number of benzene rings is 1. The summed E-state index contributed by atoms with van der Waals surface area (Å²) in [5.74, 6) is 0.861. The second kappa shape index (κ2) is 10.8. The number of hydrogen-bond donors (Lipinski definition) is 1. The Morgan fingerprint density at radius 3 is 2.30 bits per heavy atom. The van der Waals surface area contributed by atoms with Gasteiger partial charge in [-0.05, 0) is 36.8 Å². The Labute approximate surface area is 194 Å². The van der Waals surface area contributed by atoms with Crippen LogP contribution < -0.4 is 9.46 Å². The van der Waals surface area contributed by atoms with Crippen LogP contribution in [-0.2, 0) is 6.18 Å². The monoisotopic (exact) mass is 482 g/mol. The van der Waals surface area contributed by atoms with E-state index in [9.17, 15) is 22.8 Å². The second-order valence-corrected chi connectivity index (χ2v) is 8.28. The van der Waals surface area contributed by atoms with E-state index >= 15 is 0 Å². The first-order chi connectivity index (χ1) is 15.7. The Balaban J connectivity index is 1.60. The zero-order chi connectivity index (χ0) is 24.0. The van der Waals surface area contributed by atoms with Gasteiger partial charge >= 0.3 is 6.18 Å². The number of ether oxygens (including phenoxy) is 1. The van der Waals surface area contributed by atoms with Crippen molar-refractivity contribution in [2.45, 2.75) is 19.5 Å². The zero-order valence-electron chi connectivity index (χ0n) is 18.3. The highest BCUT2D eigenvalue weighted by atomic mass is 32.2. The summed E-state index contributed by atoms with van der Waals surface area (Å²) in [5.41, 5.74) is 0.292. The molecule has 1 aromatic heterocycles. The van der Waals surface area contributed by atoms with Crippen LogP contribution in [0.3, 0.4) is 0 Å². The quantitative estimate of drug-likeness (QED) is 0.472. The number of pyridine rings is 1. The molecule has 178 valence electrons. The van der Waals surface area contributed by atoms with Crippen LogP contribution in [0.1, 0.15) is 39.8 Å². The minimum absolute atomic E-state index is 0.0588.